The van der Waals surface area contributed by atoms with Crippen molar-refractivity contribution in [3.63, 3.8) is 0 Å². The van der Waals surface area contributed by atoms with Gasteiger partial charge in [-0.1, -0.05) is 0 Å². The molecule has 0 saturated heterocycles. The normalized spacial score (nSPS) is 12.0. The van der Waals surface area contributed by atoms with E-state index < -0.39 is 0 Å². The van der Waals surface area contributed by atoms with Crippen LogP contribution in [0, 0.1) is 0 Å². The largest absolute Gasteiger partial charge is 0.497 e. The Morgan fingerprint density at radius 1 is 1.08 bits per heavy atom. The van der Waals surface area contributed by atoms with Crippen molar-refractivity contribution in [2.45, 2.75) is 39.8 Å². The van der Waals surface area contributed by atoms with E-state index in [2.05, 4.69) is 48.6 Å². The van der Waals surface area contributed by atoms with Crippen LogP contribution >= 0.6 is 0 Å². The van der Waals surface area contributed by atoms with E-state index >= 15 is 0 Å². The van der Waals surface area contributed by atoms with Gasteiger partial charge in [0.15, 0.2) is 5.96 Å². The highest BCUT2D eigenvalue weighted by Gasteiger charge is 2.08. The highest BCUT2D eigenvalue weighted by molar-refractivity contribution is 5.79. The van der Waals surface area contributed by atoms with Crippen LogP contribution < -0.4 is 25.4 Å². The molecule has 0 aliphatic carbocycles. The molecule has 1 rings (SSSR count). The van der Waals surface area contributed by atoms with E-state index in [0.29, 0.717) is 6.54 Å². The molecule has 6 nitrogen and oxygen atoms in total. The topological polar surface area (TPSA) is 66.9 Å². The fourth-order valence-electron chi connectivity index (χ4n) is 2.11. The lowest BCUT2D eigenvalue weighted by molar-refractivity contribution is 0.391. The molecule has 3 N–H and O–H groups in total. The quantitative estimate of drug-likeness (QED) is 0.386. The molecule has 6 heteroatoms. The molecule has 0 radical (unpaired) electrons. The van der Waals surface area contributed by atoms with Gasteiger partial charge in [-0.15, -0.1) is 0 Å². The molecule has 0 fully saturated rings. The smallest absolute Gasteiger partial charge is 0.191 e. The Hall–Kier alpha value is -1.95. The molecule has 0 unspecified atom stereocenters. The van der Waals surface area contributed by atoms with Gasteiger partial charge in [-0.25, -0.2) is 4.99 Å². The van der Waals surface area contributed by atoms with Crippen LogP contribution in [0.5, 0.6) is 11.5 Å². The molecule has 0 aliphatic heterocycles. The lowest BCUT2D eigenvalue weighted by atomic mass is 10.1. The van der Waals surface area contributed by atoms with Crippen molar-refractivity contribution in [1.29, 1.82) is 0 Å². The lowest BCUT2D eigenvalue weighted by Crippen LogP contribution is -2.44. The van der Waals surface area contributed by atoms with Gasteiger partial charge in [0, 0.05) is 36.8 Å². The van der Waals surface area contributed by atoms with Gasteiger partial charge in [0.2, 0.25) is 0 Å². The molecule has 0 aromatic heterocycles. The van der Waals surface area contributed by atoms with E-state index in [-0.39, 0.29) is 5.54 Å². The molecular formula is C18H32N4O2. The standard InChI is InChI=1S/C18H32N4O2/c1-7-19-17(20-10-11-22-18(2,3)4)21-13-14-8-9-15(23-5)12-16(14)24-6/h8-9,12,22H,7,10-11,13H2,1-6H3,(H2,19,20,21). The summed E-state index contributed by atoms with van der Waals surface area (Å²) in [5.41, 5.74) is 1.14. The monoisotopic (exact) mass is 336 g/mol. The lowest BCUT2D eigenvalue weighted by Gasteiger charge is -2.21. The number of guanidine groups is 1. The van der Waals surface area contributed by atoms with Crippen LogP contribution in [0.2, 0.25) is 0 Å². The first kappa shape index (κ1) is 20.1. The number of hydrogen-bond acceptors (Lipinski definition) is 4. The number of hydrogen-bond donors (Lipinski definition) is 3. The maximum absolute atomic E-state index is 5.42. The Morgan fingerprint density at radius 3 is 2.42 bits per heavy atom. The number of aliphatic imine (C=N–C) groups is 1. The van der Waals surface area contributed by atoms with Crippen molar-refractivity contribution in [3.8, 4) is 11.5 Å². The molecule has 24 heavy (non-hydrogen) atoms. The molecular weight excluding hydrogens is 304 g/mol. The zero-order chi connectivity index (χ0) is 18.0. The van der Waals surface area contributed by atoms with E-state index in [9.17, 15) is 0 Å². The van der Waals surface area contributed by atoms with E-state index in [4.69, 9.17) is 9.47 Å². The second kappa shape index (κ2) is 10.0. The van der Waals surface area contributed by atoms with Crippen molar-refractivity contribution in [1.82, 2.24) is 16.0 Å². The molecule has 136 valence electrons. The molecule has 0 bridgehead atoms. The molecule has 0 aliphatic rings. The first-order chi connectivity index (χ1) is 11.4. The summed E-state index contributed by atoms with van der Waals surface area (Å²) < 4.78 is 10.6. The summed E-state index contributed by atoms with van der Waals surface area (Å²) in [6, 6.07) is 5.77. The molecule has 1 aromatic rings. The van der Waals surface area contributed by atoms with Crippen LogP contribution in [-0.4, -0.2) is 45.4 Å². The minimum Gasteiger partial charge on any atom is -0.497 e. The van der Waals surface area contributed by atoms with Crippen molar-refractivity contribution < 1.29 is 9.47 Å². The molecule has 1 aromatic carbocycles. The molecule has 0 atom stereocenters. The Morgan fingerprint density at radius 2 is 1.83 bits per heavy atom. The first-order valence-corrected chi connectivity index (χ1v) is 8.37. The number of nitrogens with one attached hydrogen (secondary N) is 3. The summed E-state index contributed by atoms with van der Waals surface area (Å²) >= 11 is 0. The molecule has 0 heterocycles. The highest BCUT2D eigenvalue weighted by Crippen LogP contribution is 2.25. The second-order valence-electron chi connectivity index (χ2n) is 6.48. The maximum atomic E-state index is 5.42. The average molecular weight is 336 g/mol. The number of ether oxygens (including phenoxy) is 2. The van der Waals surface area contributed by atoms with Crippen molar-refractivity contribution >= 4 is 5.96 Å². The Bertz CT molecular complexity index is 524. The summed E-state index contributed by atoms with van der Waals surface area (Å²) in [6.45, 7) is 11.6. The maximum Gasteiger partial charge on any atom is 0.191 e. The van der Waals surface area contributed by atoms with E-state index in [1.54, 1.807) is 14.2 Å². The molecule has 0 amide bonds. The van der Waals surface area contributed by atoms with Crippen LogP contribution in [0.4, 0.5) is 0 Å². The number of methoxy groups -OCH3 is 2. The summed E-state index contributed by atoms with van der Waals surface area (Å²) in [5, 5.41) is 10.0. The van der Waals surface area contributed by atoms with Gasteiger partial charge in [0.25, 0.3) is 0 Å². The fourth-order valence-corrected chi connectivity index (χ4v) is 2.11. The average Bonchev–Trinajstić information content (AvgIpc) is 2.55. The second-order valence-corrected chi connectivity index (χ2v) is 6.48. The summed E-state index contributed by atoms with van der Waals surface area (Å²) in [6.07, 6.45) is 0. The Labute approximate surface area is 146 Å². The van der Waals surface area contributed by atoms with Crippen LogP contribution in [0.3, 0.4) is 0 Å². The zero-order valence-electron chi connectivity index (χ0n) is 15.8. The van der Waals surface area contributed by atoms with Gasteiger partial charge < -0.3 is 25.4 Å². The third-order valence-electron chi connectivity index (χ3n) is 3.32. The van der Waals surface area contributed by atoms with Crippen LogP contribution in [0.15, 0.2) is 23.2 Å². The zero-order valence-corrected chi connectivity index (χ0v) is 15.8. The van der Waals surface area contributed by atoms with Crippen LogP contribution in [0.1, 0.15) is 33.3 Å². The summed E-state index contributed by atoms with van der Waals surface area (Å²) in [5.74, 6) is 2.35. The Balaban J connectivity index is 2.65. The first-order valence-electron chi connectivity index (χ1n) is 8.37. The Kier molecular flexibility index (Phi) is 8.40. The van der Waals surface area contributed by atoms with Gasteiger partial charge >= 0.3 is 0 Å². The van der Waals surface area contributed by atoms with Gasteiger partial charge in [-0.05, 0) is 39.8 Å². The molecule has 0 saturated carbocycles. The molecule has 0 spiro atoms. The third-order valence-corrected chi connectivity index (χ3v) is 3.32. The third kappa shape index (κ3) is 7.55. The van der Waals surface area contributed by atoms with Crippen molar-refractivity contribution in [3.05, 3.63) is 23.8 Å². The highest BCUT2D eigenvalue weighted by atomic mass is 16.5. The van der Waals surface area contributed by atoms with E-state index in [1.807, 2.05) is 18.2 Å². The van der Waals surface area contributed by atoms with Gasteiger partial charge in [0.1, 0.15) is 11.5 Å². The minimum atomic E-state index is 0.119. The van der Waals surface area contributed by atoms with Crippen molar-refractivity contribution in [2.24, 2.45) is 4.99 Å². The van der Waals surface area contributed by atoms with Gasteiger partial charge in [0.05, 0.1) is 20.8 Å². The van der Waals surface area contributed by atoms with E-state index in [1.165, 1.54) is 0 Å². The van der Waals surface area contributed by atoms with Gasteiger partial charge in [-0.3, -0.25) is 0 Å². The summed E-state index contributed by atoms with van der Waals surface area (Å²) in [4.78, 5) is 4.63. The van der Waals surface area contributed by atoms with Crippen molar-refractivity contribution in [2.75, 3.05) is 33.9 Å². The predicted molar refractivity (Wildman–Crippen MR) is 100 cm³/mol. The summed E-state index contributed by atoms with van der Waals surface area (Å²) in [7, 11) is 3.30. The minimum absolute atomic E-state index is 0.119. The van der Waals surface area contributed by atoms with E-state index in [0.717, 1.165) is 42.7 Å². The van der Waals surface area contributed by atoms with Gasteiger partial charge in [-0.2, -0.15) is 0 Å². The number of nitrogens with zero attached hydrogens (tertiary/aromatic N) is 1. The van der Waals surface area contributed by atoms with Crippen LogP contribution in [-0.2, 0) is 6.54 Å². The SMILES string of the molecule is CCNC(=NCc1ccc(OC)cc1OC)NCCNC(C)(C)C. The van der Waals surface area contributed by atoms with Crippen LogP contribution in [0.25, 0.3) is 0 Å². The number of rotatable bonds is 8. The fraction of sp³-hybridized carbons (Fsp3) is 0.611. The predicted octanol–water partition coefficient (Wildman–Crippen LogP) is 2.15. The number of benzene rings is 1.